The van der Waals surface area contributed by atoms with E-state index in [0.29, 0.717) is 5.69 Å². The first-order chi connectivity index (χ1) is 8.13. The molecule has 2 heterocycles. The molecule has 2 rings (SSSR count). The first-order valence-electron chi connectivity index (χ1n) is 5.15. The van der Waals surface area contributed by atoms with E-state index >= 15 is 0 Å². The van der Waals surface area contributed by atoms with E-state index in [4.69, 9.17) is 0 Å². The van der Waals surface area contributed by atoms with Crippen LogP contribution < -0.4 is 10.6 Å². The van der Waals surface area contributed by atoms with E-state index < -0.39 is 0 Å². The van der Waals surface area contributed by atoms with Crippen molar-refractivity contribution in [2.75, 3.05) is 13.6 Å². The van der Waals surface area contributed by atoms with Crippen LogP contribution in [0.5, 0.6) is 0 Å². The summed E-state index contributed by atoms with van der Waals surface area (Å²) in [5.74, 6) is -0.450. The summed E-state index contributed by atoms with van der Waals surface area (Å²) < 4.78 is 2.89. The molecule has 90 valence electrons. The van der Waals surface area contributed by atoms with Gasteiger partial charge in [-0.2, -0.15) is 0 Å². The van der Waals surface area contributed by atoms with Gasteiger partial charge in [0.2, 0.25) is 5.91 Å². The quantitative estimate of drug-likeness (QED) is 0.844. The maximum atomic E-state index is 11.8. The second-order valence-electron chi connectivity index (χ2n) is 3.61. The molecule has 0 aromatic carbocycles. The average molecular weight is 251 g/mol. The third kappa shape index (κ3) is 2.16. The third-order valence-electron chi connectivity index (χ3n) is 2.58. The van der Waals surface area contributed by atoms with E-state index in [-0.39, 0.29) is 18.4 Å². The van der Waals surface area contributed by atoms with Gasteiger partial charge in [0.25, 0.3) is 5.91 Å². The van der Waals surface area contributed by atoms with Gasteiger partial charge in [0, 0.05) is 14.1 Å². The van der Waals surface area contributed by atoms with E-state index in [2.05, 4.69) is 10.6 Å². The summed E-state index contributed by atoms with van der Waals surface area (Å²) in [5, 5.41) is 7.01. The first-order valence-corrected chi connectivity index (χ1v) is 6.03. The number of carbonyl (C=O) groups is 2. The SMILES string of the molecule is CNC(=O)CNC(=O)c1cc2sccc2n1C. The molecule has 6 heteroatoms. The molecule has 2 amide bonds. The molecule has 17 heavy (non-hydrogen) atoms. The number of rotatable bonds is 3. The summed E-state index contributed by atoms with van der Waals surface area (Å²) in [5.41, 5.74) is 1.59. The topological polar surface area (TPSA) is 63.1 Å². The van der Waals surface area contributed by atoms with Gasteiger partial charge in [-0.25, -0.2) is 0 Å². The van der Waals surface area contributed by atoms with Gasteiger partial charge in [0.05, 0.1) is 16.8 Å². The summed E-state index contributed by atoms with van der Waals surface area (Å²) in [6, 6.07) is 3.80. The molecule has 0 atom stereocenters. The van der Waals surface area contributed by atoms with Crippen LogP contribution in [0.1, 0.15) is 10.5 Å². The highest BCUT2D eigenvalue weighted by Gasteiger charge is 2.14. The van der Waals surface area contributed by atoms with Crippen LogP contribution in [0.25, 0.3) is 10.2 Å². The Kier molecular flexibility index (Phi) is 3.14. The van der Waals surface area contributed by atoms with Crippen LogP contribution in [-0.2, 0) is 11.8 Å². The second-order valence-corrected chi connectivity index (χ2v) is 4.56. The normalized spacial score (nSPS) is 10.5. The number of aryl methyl sites for hydroxylation is 1. The van der Waals surface area contributed by atoms with Crippen LogP contribution in [0.15, 0.2) is 17.5 Å². The van der Waals surface area contributed by atoms with Crippen molar-refractivity contribution in [3.63, 3.8) is 0 Å². The van der Waals surface area contributed by atoms with E-state index in [1.807, 2.05) is 29.1 Å². The van der Waals surface area contributed by atoms with Gasteiger partial charge in [0.1, 0.15) is 5.69 Å². The summed E-state index contributed by atoms with van der Waals surface area (Å²) >= 11 is 1.59. The number of aromatic nitrogens is 1. The third-order valence-corrected chi connectivity index (χ3v) is 3.44. The lowest BCUT2D eigenvalue weighted by molar-refractivity contribution is -0.119. The predicted octanol–water partition coefficient (Wildman–Crippen LogP) is 0.716. The fraction of sp³-hybridized carbons (Fsp3) is 0.273. The molecule has 0 radical (unpaired) electrons. The van der Waals surface area contributed by atoms with Gasteiger partial charge >= 0.3 is 0 Å². The van der Waals surface area contributed by atoms with Gasteiger partial charge in [-0.15, -0.1) is 11.3 Å². The maximum Gasteiger partial charge on any atom is 0.268 e. The van der Waals surface area contributed by atoms with Crippen LogP contribution in [-0.4, -0.2) is 30.0 Å². The first kappa shape index (κ1) is 11.7. The van der Waals surface area contributed by atoms with Crippen molar-refractivity contribution in [1.29, 1.82) is 0 Å². The lowest BCUT2D eigenvalue weighted by atomic mass is 10.4. The molecule has 0 aliphatic rings. The molecule has 5 nitrogen and oxygen atoms in total. The number of hydrogen-bond donors (Lipinski definition) is 2. The molecule has 0 saturated heterocycles. The number of hydrogen-bond acceptors (Lipinski definition) is 3. The van der Waals surface area contributed by atoms with E-state index in [0.717, 1.165) is 10.2 Å². The smallest absolute Gasteiger partial charge is 0.268 e. The van der Waals surface area contributed by atoms with Gasteiger partial charge in [-0.1, -0.05) is 0 Å². The van der Waals surface area contributed by atoms with Crippen LogP contribution in [0.2, 0.25) is 0 Å². The lowest BCUT2D eigenvalue weighted by Gasteiger charge is -2.05. The molecule has 0 saturated carbocycles. The number of nitrogens with one attached hydrogen (secondary N) is 2. The zero-order valence-corrected chi connectivity index (χ0v) is 10.4. The molecular weight excluding hydrogens is 238 g/mol. The van der Waals surface area contributed by atoms with Crippen molar-refractivity contribution < 1.29 is 9.59 Å². The van der Waals surface area contributed by atoms with Crippen LogP contribution >= 0.6 is 11.3 Å². The highest BCUT2D eigenvalue weighted by atomic mass is 32.1. The van der Waals surface area contributed by atoms with Crippen molar-refractivity contribution in [1.82, 2.24) is 15.2 Å². The minimum atomic E-state index is -0.237. The standard InChI is InChI=1S/C11H13N3O2S/c1-12-10(15)6-13-11(16)8-5-9-7(14(8)2)3-4-17-9/h3-5H,6H2,1-2H3,(H,12,15)(H,13,16). The molecule has 0 aliphatic heterocycles. The number of likely N-dealkylation sites (N-methyl/N-ethyl adjacent to an activating group) is 1. The van der Waals surface area contributed by atoms with Crippen molar-refractivity contribution in [2.24, 2.45) is 7.05 Å². The number of carbonyl (C=O) groups excluding carboxylic acids is 2. The predicted molar refractivity (Wildman–Crippen MR) is 67.2 cm³/mol. The Morgan fingerprint density at radius 2 is 2.24 bits per heavy atom. The monoisotopic (exact) mass is 251 g/mol. The van der Waals surface area contributed by atoms with Crippen molar-refractivity contribution in [2.45, 2.75) is 0 Å². The lowest BCUT2D eigenvalue weighted by Crippen LogP contribution is -2.35. The highest BCUT2D eigenvalue weighted by molar-refractivity contribution is 7.17. The van der Waals surface area contributed by atoms with Crippen molar-refractivity contribution in [3.05, 3.63) is 23.2 Å². The average Bonchev–Trinajstić information content (AvgIpc) is 2.89. The highest BCUT2D eigenvalue weighted by Crippen LogP contribution is 2.23. The zero-order valence-electron chi connectivity index (χ0n) is 9.61. The van der Waals surface area contributed by atoms with Crippen molar-refractivity contribution in [3.8, 4) is 0 Å². The number of nitrogens with zero attached hydrogens (tertiary/aromatic N) is 1. The van der Waals surface area contributed by atoms with E-state index in [9.17, 15) is 9.59 Å². The van der Waals surface area contributed by atoms with Gasteiger partial charge < -0.3 is 15.2 Å². The molecular formula is C11H13N3O2S. The molecule has 2 aromatic rings. The number of amides is 2. The Bertz CT molecular complexity index is 570. The Labute approximate surface area is 102 Å². The molecule has 0 bridgehead atoms. The Hall–Kier alpha value is -1.82. The maximum absolute atomic E-state index is 11.8. The second kappa shape index (κ2) is 4.58. The Morgan fingerprint density at radius 1 is 1.47 bits per heavy atom. The van der Waals surface area contributed by atoms with Crippen molar-refractivity contribution >= 4 is 33.4 Å². The zero-order chi connectivity index (χ0) is 12.4. The van der Waals surface area contributed by atoms with Gasteiger partial charge in [0.15, 0.2) is 0 Å². The fourth-order valence-corrected chi connectivity index (χ4v) is 2.46. The largest absolute Gasteiger partial charge is 0.358 e. The molecule has 2 aromatic heterocycles. The van der Waals surface area contributed by atoms with Gasteiger partial charge in [-0.05, 0) is 17.5 Å². The Morgan fingerprint density at radius 3 is 2.88 bits per heavy atom. The minimum absolute atomic E-state index is 0.00579. The van der Waals surface area contributed by atoms with E-state index in [1.54, 1.807) is 11.3 Å². The van der Waals surface area contributed by atoms with Crippen LogP contribution in [0.3, 0.4) is 0 Å². The molecule has 2 N–H and O–H groups in total. The summed E-state index contributed by atoms with van der Waals surface area (Å²) in [4.78, 5) is 22.9. The van der Waals surface area contributed by atoms with Crippen LogP contribution in [0.4, 0.5) is 0 Å². The number of fused-ring (bicyclic) bond motifs is 1. The van der Waals surface area contributed by atoms with Gasteiger partial charge in [-0.3, -0.25) is 9.59 Å². The Balaban J connectivity index is 2.16. The van der Waals surface area contributed by atoms with E-state index in [1.165, 1.54) is 7.05 Å². The molecule has 0 unspecified atom stereocenters. The summed E-state index contributed by atoms with van der Waals surface area (Å²) in [6.07, 6.45) is 0. The summed E-state index contributed by atoms with van der Waals surface area (Å²) in [6.45, 7) is -0.00579. The number of thiophene rings is 1. The summed E-state index contributed by atoms with van der Waals surface area (Å²) in [7, 11) is 3.37. The molecule has 0 spiro atoms. The molecule has 0 fully saturated rings. The minimum Gasteiger partial charge on any atom is -0.358 e. The van der Waals surface area contributed by atoms with Crippen LogP contribution in [0, 0.1) is 0 Å². The fourth-order valence-electron chi connectivity index (χ4n) is 1.61. The molecule has 0 aliphatic carbocycles.